The number of likely N-dealkylation sites (tertiary alicyclic amines) is 2. The number of benzene rings is 2. The first-order valence-corrected chi connectivity index (χ1v) is 21.5. The number of hydrogen-bond donors (Lipinski definition) is 2. The van der Waals surface area contributed by atoms with Crippen molar-refractivity contribution in [3.05, 3.63) is 101 Å². The van der Waals surface area contributed by atoms with Crippen LogP contribution in [0.25, 0.3) is 11.4 Å². The van der Waals surface area contributed by atoms with E-state index < -0.39 is 0 Å². The van der Waals surface area contributed by atoms with E-state index in [-0.39, 0.29) is 34.4 Å². The van der Waals surface area contributed by atoms with Crippen LogP contribution in [0.1, 0.15) is 64.0 Å². The summed E-state index contributed by atoms with van der Waals surface area (Å²) < 4.78 is 2.99. The number of hydrogen-bond acceptors (Lipinski definition) is 10. The van der Waals surface area contributed by atoms with Crippen LogP contribution in [0, 0.1) is 13.8 Å². The molecule has 4 fully saturated rings. The lowest BCUT2D eigenvalue weighted by atomic mass is 9.88. The van der Waals surface area contributed by atoms with E-state index in [1.165, 1.54) is 9.13 Å². The monoisotopic (exact) mass is 872 g/mol. The largest absolute Gasteiger partial charge is 0.392 e. The molecule has 8 rings (SSSR count). The number of β-amino-alcohol motifs (C(OH)–C–C–N with tert-alkyl or cyclic N) is 2. The molecule has 16 heteroatoms. The highest BCUT2D eigenvalue weighted by molar-refractivity contribution is 6.43. The van der Waals surface area contributed by atoms with E-state index in [1.807, 2.05) is 13.8 Å². The van der Waals surface area contributed by atoms with Crippen molar-refractivity contribution >= 4 is 58.0 Å². The average molecular weight is 875 g/mol. The SMILES string of the molecule is Cc1nc(N2CCC(C)(N3CC[C@H](O)C3)CC2)cc(=O)n1-c1cccc(Cl)c1Cl.Cc1nc(N2CCC(C)(N3CC[C@H](O)C3)CC2)cc(=O)n1-c1cccc(Cl)c1Cl. The lowest BCUT2D eigenvalue weighted by Gasteiger charge is -2.45. The summed E-state index contributed by atoms with van der Waals surface area (Å²) in [5.74, 6) is 2.55. The second kappa shape index (κ2) is 17.4. The molecule has 58 heavy (non-hydrogen) atoms. The van der Waals surface area contributed by atoms with Crippen LogP contribution in [0.3, 0.4) is 0 Å². The van der Waals surface area contributed by atoms with Crippen LogP contribution in [-0.4, -0.2) is 115 Å². The minimum Gasteiger partial charge on any atom is -0.392 e. The standard InChI is InChI=1S/2C21H26Cl2N4O2/c2*1-14-24-18(12-19(29)27(14)17-5-3-4-16(22)20(17)23)25-10-7-21(2,8-11-25)26-9-6-15(28)13-26/h2*3-5,12,15,28H,6-11,13H2,1-2H3/t2*15-/m00/s1. The quantitative estimate of drug-likeness (QED) is 0.221. The number of anilines is 2. The second-order valence-corrected chi connectivity index (χ2v) is 18.1. The second-order valence-electron chi connectivity index (χ2n) is 16.6. The minimum absolute atomic E-state index is 0.0896. The molecule has 4 saturated heterocycles. The van der Waals surface area contributed by atoms with E-state index >= 15 is 0 Å². The van der Waals surface area contributed by atoms with E-state index in [0.29, 0.717) is 54.7 Å². The Morgan fingerprint density at radius 1 is 0.603 bits per heavy atom. The Hall–Kier alpha value is -3.20. The first-order valence-electron chi connectivity index (χ1n) is 20.0. The van der Waals surface area contributed by atoms with Crippen molar-refractivity contribution in [1.29, 1.82) is 0 Å². The van der Waals surface area contributed by atoms with Gasteiger partial charge in [0.1, 0.15) is 23.3 Å². The molecule has 12 nitrogen and oxygen atoms in total. The highest BCUT2D eigenvalue weighted by Crippen LogP contribution is 2.35. The zero-order chi connectivity index (χ0) is 41.5. The van der Waals surface area contributed by atoms with Crippen molar-refractivity contribution in [1.82, 2.24) is 28.9 Å². The predicted octanol–water partition coefficient (Wildman–Crippen LogP) is 6.55. The molecule has 0 amide bonds. The topological polar surface area (TPSA) is 123 Å². The third kappa shape index (κ3) is 8.81. The number of aryl methyl sites for hydroxylation is 2. The molecule has 0 unspecified atom stereocenters. The number of nitrogens with zero attached hydrogens (tertiary/aromatic N) is 8. The van der Waals surface area contributed by atoms with Gasteiger partial charge in [0.25, 0.3) is 11.1 Å². The molecule has 2 N–H and O–H groups in total. The number of aliphatic hydroxyl groups is 2. The van der Waals surface area contributed by atoms with E-state index in [2.05, 4.69) is 33.4 Å². The van der Waals surface area contributed by atoms with Crippen LogP contribution in [-0.2, 0) is 0 Å². The molecule has 0 aliphatic carbocycles. The molecule has 2 atom stereocenters. The number of halogens is 4. The Balaban J connectivity index is 0.000000177. The third-order valence-electron chi connectivity index (χ3n) is 12.7. The molecule has 0 bridgehead atoms. The molecule has 2 aromatic heterocycles. The Morgan fingerprint density at radius 2 is 0.966 bits per heavy atom. The maximum Gasteiger partial charge on any atom is 0.260 e. The number of piperidine rings is 2. The van der Waals surface area contributed by atoms with Gasteiger partial charge in [-0.1, -0.05) is 58.5 Å². The molecular formula is C42H52Cl4N8O4. The van der Waals surface area contributed by atoms with Crippen LogP contribution in [0.4, 0.5) is 11.6 Å². The summed E-state index contributed by atoms with van der Waals surface area (Å²) in [6, 6.07) is 13.6. The number of rotatable bonds is 6. The Labute approximate surface area is 359 Å². The molecule has 4 aliphatic rings. The molecular weight excluding hydrogens is 822 g/mol. The summed E-state index contributed by atoms with van der Waals surface area (Å²) in [5.41, 5.74) is 0.915. The lowest BCUT2D eigenvalue weighted by molar-refractivity contribution is 0.0841. The van der Waals surface area contributed by atoms with Crippen molar-refractivity contribution in [2.75, 3.05) is 62.2 Å². The zero-order valence-corrected chi connectivity index (χ0v) is 36.5. The van der Waals surface area contributed by atoms with Gasteiger partial charge in [0.15, 0.2) is 0 Å². The fourth-order valence-corrected chi connectivity index (χ4v) is 9.70. The average Bonchev–Trinajstić information content (AvgIpc) is 3.84. The summed E-state index contributed by atoms with van der Waals surface area (Å²) in [7, 11) is 0. The van der Waals surface area contributed by atoms with E-state index in [1.54, 1.807) is 48.5 Å². The van der Waals surface area contributed by atoms with Crippen molar-refractivity contribution in [2.45, 2.75) is 89.5 Å². The first kappa shape index (κ1) is 42.9. The van der Waals surface area contributed by atoms with Crippen LogP contribution in [0.15, 0.2) is 58.1 Å². The van der Waals surface area contributed by atoms with Crippen molar-refractivity contribution in [3.63, 3.8) is 0 Å². The van der Waals surface area contributed by atoms with Gasteiger partial charge in [-0.15, -0.1) is 0 Å². The molecule has 2 aromatic carbocycles. The van der Waals surface area contributed by atoms with Crippen molar-refractivity contribution in [3.8, 4) is 11.4 Å². The lowest BCUT2D eigenvalue weighted by Crippen LogP contribution is -2.53. The summed E-state index contributed by atoms with van der Waals surface area (Å²) in [6.07, 6.45) is 5.19. The summed E-state index contributed by atoms with van der Waals surface area (Å²) >= 11 is 24.9. The Bertz CT molecular complexity index is 2100. The minimum atomic E-state index is -0.208. The predicted molar refractivity (Wildman–Crippen MR) is 233 cm³/mol. The summed E-state index contributed by atoms with van der Waals surface area (Å²) in [5, 5.41) is 21.2. The highest BCUT2D eigenvalue weighted by atomic mass is 35.5. The highest BCUT2D eigenvalue weighted by Gasteiger charge is 2.40. The molecule has 4 aliphatic heterocycles. The van der Waals surface area contributed by atoms with Crippen LogP contribution < -0.4 is 20.9 Å². The zero-order valence-electron chi connectivity index (χ0n) is 33.5. The smallest absolute Gasteiger partial charge is 0.260 e. The molecule has 312 valence electrons. The van der Waals surface area contributed by atoms with Gasteiger partial charge in [0, 0.05) is 75.6 Å². The third-order valence-corrected chi connectivity index (χ3v) is 14.3. The van der Waals surface area contributed by atoms with Gasteiger partial charge in [0.05, 0.1) is 43.7 Å². The van der Waals surface area contributed by atoms with E-state index in [4.69, 9.17) is 56.4 Å². The van der Waals surface area contributed by atoms with Crippen LogP contribution >= 0.6 is 46.4 Å². The summed E-state index contributed by atoms with van der Waals surface area (Å²) in [4.78, 5) is 44.4. The Morgan fingerprint density at radius 3 is 1.28 bits per heavy atom. The van der Waals surface area contributed by atoms with Gasteiger partial charge < -0.3 is 20.0 Å². The van der Waals surface area contributed by atoms with E-state index in [9.17, 15) is 19.8 Å². The maximum atomic E-state index is 12.9. The molecule has 6 heterocycles. The van der Waals surface area contributed by atoms with Crippen LogP contribution in [0.5, 0.6) is 0 Å². The van der Waals surface area contributed by atoms with Gasteiger partial charge in [-0.05, 0) is 90.5 Å². The normalized spacial score (nSPS) is 22.2. The number of aromatic nitrogens is 4. The fraction of sp³-hybridized carbons (Fsp3) is 0.524. The molecule has 0 radical (unpaired) electrons. The molecule has 4 aromatic rings. The summed E-state index contributed by atoms with van der Waals surface area (Å²) in [6.45, 7) is 14.9. The number of aliphatic hydroxyl groups excluding tert-OH is 2. The van der Waals surface area contributed by atoms with Gasteiger partial charge in [-0.2, -0.15) is 0 Å². The van der Waals surface area contributed by atoms with Gasteiger partial charge in [-0.3, -0.25) is 28.5 Å². The van der Waals surface area contributed by atoms with Crippen molar-refractivity contribution in [2.24, 2.45) is 0 Å². The van der Waals surface area contributed by atoms with Crippen LogP contribution in [0.2, 0.25) is 20.1 Å². The molecule has 0 spiro atoms. The van der Waals surface area contributed by atoms with Gasteiger partial charge in [0.2, 0.25) is 0 Å². The van der Waals surface area contributed by atoms with Gasteiger partial charge >= 0.3 is 0 Å². The fourth-order valence-electron chi connectivity index (χ4n) is 8.94. The van der Waals surface area contributed by atoms with Gasteiger partial charge in [-0.25, -0.2) is 9.97 Å². The first-order chi connectivity index (χ1) is 27.6. The van der Waals surface area contributed by atoms with Crippen molar-refractivity contribution < 1.29 is 10.2 Å². The maximum absolute atomic E-state index is 12.9. The molecule has 0 saturated carbocycles. The van der Waals surface area contributed by atoms with E-state index in [0.717, 1.165) is 90.9 Å². The Kier molecular flexibility index (Phi) is 12.9.